The van der Waals surface area contributed by atoms with Crippen molar-refractivity contribution in [1.82, 2.24) is 0 Å². The molecule has 0 atom stereocenters. The van der Waals surface area contributed by atoms with E-state index in [-0.39, 0.29) is 0 Å². The van der Waals surface area contributed by atoms with Crippen molar-refractivity contribution in [3.8, 4) is 11.1 Å². The van der Waals surface area contributed by atoms with Crippen LogP contribution in [0.1, 0.15) is 0 Å². The third-order valence-corrected chi connectivity index (χ3v) is 8.78. The van der Waals surface area contributed by atoms with E-state index in [1.165, 1.54) is 38.1 Å². The molecular formula is C42H27NO. The van der Waals surface area contributed by atoms with Gasteiger partial charge in [0.1, 0.15) is 11.2 Å². The highest BCUT2D eigenvalue weighted by Gasteiger charge is 2.19. The maximum absolute atomic E-state index is 6.29. The van der Waals surface area contributed by atoms with Gasteiger partial charge in [-0.05, 0) is 86.6 Å². The van der Waals surface area contributed by atoms with Gasteiger partial charge in [0, 0.05) is 27.5 Å². The molecule has 1 heterocycles. The minimum Gasteiger partial charge on any atom is -0.456 e. The lowest BCUT2D eigenvalue weighted by Gasteiger charge is -2.28. The predicted molar refractivity (Wildman–Crippen MR) is 186 cm³/mol. The molecule has 1 aromatic heterocycles. The first-order chi connectivity index (χ1) is 21.8. The summed E-state index contributed by atoms with van der Waals surface area (Å²) in [7, 11) is 0. The minimum atomic E-state index is 0.907. The molecule has 0 spiro atoms. The molecule has 0 fully saturated rings. The lowest BCUT2D eigenvalue weighted by atomic mass is 9.98. The number of fused-ring (bicyclic) bond motifs is 7. The van der Waals surface area contributed by atoms with Gasteiger partial charge >= 0.3 is 0 Å². The van der Waals surface area contributed by atoms with Crippen LogP contribution in [0.3, 0.4) is 0 Å². The molecule has 206 valence electrons. The number of anilines is 3. The molecule has 0 amide bonds. The Morgan fingerprint density at radius 1 is 0.341 bits per heavy atom. The molecule has 2 heteroatoms. The average Bonchev–Trinajstić information content (AvgIpc) is 3.45. The van der Waals surface area contributed by atoms with Crippen LogP contribution in [0.4, 0.5) is 17.1 Å². The molecule has 0 aliphatic rings. The van der Waals surface area contributed by atoms with E-state index in [1.54, 1.807) is 0 Å². The van der Waals surface area contributed by atoms with Gasteiger partial charge in [0.2, 0.25) is 0 Å². The van der Waals surface area contributed by atoms with Crippen LogP contribution in [0, 0.1) is 0 Å². The third-order valence-electron chi connectivity index (χ3n) is 8.78. The summed E-state index contributed by atoms with van der Waals surface area (Å²) < 4.78 is 6.29. The van der Waals surface area contributed by atoms with Gasteiger partial charge in [0.15, 0.2) is 0 Å². The normalized spacial score (nSPS) is 11.6. The van der Waals surface area contributed by atoms with Gasteiger partial charge in [-0.2, -0.15) is 0 Å². The van der Waals surface area contributed by atoms with Crippen LogP contribution in [0.5, 0.6) is 0 Å². The lowest BCUT2D eigenvalue weighted by molar-refractivity contribution is 0.669. The number of nitrogens with zero attached hydrogens (tertiary/aromatic N) is 1. The highest BCUT2D eigenvalue weighted by molar-refractivity contribution is 6.15. The highest BCUT2D eigenvalue weighted by atomic mass is 16.3. The molecule has 9 rings (SSSR count). The van der Waals surface area contributed by atoms with Crippen molar-refractivity contribution in [2.75, 3.05) is 4.90 Å². The second-order valence-corrected chi connectivity index (χ2v) is 11.4. The number of hydrogen-bond acceptors (Lipinski definition) is 2. The number of furan rings is 1. The Morgan fingerprint density at radius 2 is 1.05 bits per heavy atom. The Bertz CT molecular complexity index is 2510. The van der Waals surface area contributed by atoms with Crippen LogP contribution in [-0.2, 0) is 0 Å². The zero-order valence-electron chi connectivity index (χ0n) is 23.9. The average molecular weight is 562 g/mol. The van der Waals surface area contributed by atoms with Crippen LogP contribution in [0.25, 0.3) is 65.4 Å². The molecule has 8 aromatic carbocycles. The number of hydrogen-bond donors (Lipinski definition) is 0. The first-order valence-corrected chi connectivity index (χ1v) is 15.0. The zero-order valence-corrected chi connectivity index (χ0v) is 23.9. The topological polar surface area (TPSA) is 16.4 Å². The molecule has 0 saturated heterocycles. The first-order valence-electron chi connectivity index (χ1n) is 15.0. The number of benzene rings is 8. The summed E-state index contributed by atoms with van der Waals surface area (Å²) in [6, 6.07) is 58.7. The van der Waals surface area contributed by atoms with Crippen molar-refractivity contribution >= 4 is 71.3 Å². The summed E-state index contributed by atoms with van der Waals surface area (Å²) in [5.74, 6) is 0. The Balaban J connectivity index is 1.31. The molecule has 0 aliphatic carbocycles. The van der Waals surface area contributed by atoms with Crippen molar-refractivity contribution in [2.45, 2.75) is 0 Å². The summed E-state index contributed by atoms with van der Waals surface area (Å²) in [4.78, 5) is 2.41. The number of para-hydroxylation sites is 1. The van der Waals surface area contributed by atoms with Crippen molar-refractivity contribution < 1.29 is 4.42 Å². The fourth-order valence-corrected chi connectivity index (χ4v) is 6.70. The van der Waals surface area contributed by atoms with E-state index in [2.05, 4.69) is 157 Å². The van der Waals surface area contributed by atoms with E-state index in [1.807, 2.05) is 12.1 Å². The second-order valence-electron chi connectivity index (χ2n) is 11.4. The monoisotopic (exact) mass is 561 g/mol. The SMILES string of the molecule is c1ccc(-c2cccc(N(c3ccc4cc5c(cc4c3)oc3ccccc35)c3cc4ccccc4c4ccccc34)c2)cc1. The van der Waals surface area contributed by atoms with E-state index >= 15 is 0 Å². The Labute approximate surface area is 255 Å². The Morgan fingerprint density at radius 3 is 1.93 bits per heavy atom. The van der Waals surface area contributed by atoms with Gasteiger partial charge in [-0.15, -0.1) is 0 Å². The van der Waals surface area contributed by atoms with Gasteiger partial charge in [-0.1, -0.05) is 115 Å². The molecule has 0 saturated carbocycles. The fraction of sp³-hybridized carbons (Fsp3) is 0. The maximum Gasteiger partial charge on any atom is 0.136 e. The fourth-order valence-electron chi connectivity index (χ4n) is 6.70. The van der Waals surface area contributed by atoms with E-state index in [0.717, 1.165) is 44.4 Å². The molecule has 44 heavy (non-hydrogen) atoms. The van der Waals surface area contributed by atoms with Crippen LogP contribution < -0.4 is 4.90 Å². The largest absolute Gasteiger partial charge is 0.456 e. The van der Waals surface area contributed by atoms with E-state index in [4.69, 9.17) is 4.42 Å². The lowest BCUT2D eigenvalue weighted by Crippen LogP contribution is -2.11. The predicted octanol–water partition coefficient (Wildman–Crippen LogP) is 12.2. The van der Waals surface area contributed by atoms with Crippen LogP contribution in [0.15, 0.2) is 168 Å². The smallest absolute Gasteiger partial charge is 0.136 e. The van der Waals surface area contributed by atoms with Gasteiger partial charge in [-0.3, -0.25) is 0 Å². The van der Waals surface area contributed by atoms with Gasteiger partial charge in [0.05, 0.1) is 5.69 Å². The summed E-state index contributed by atoms with van der Waals surface area (Å²) in [6.45, 7) is 0. The Kier molecular flexibility index (Phi) is 5.54. The summed E-state index contributed by atoms with van der Waals surface area (Å²) in [5.41, 5.74) is 7.55. The van der Waals surface area contributed by atoms with Gasteiger partial charge < -0.3 is 9.32 Å². The molecule has 0 unspecified atom stereocenters. The Hall–Kier alpha value is -5.86. The van der Waals surface area contributed by atoms with Crippen molar-refractivity contribution in [3.05, 3.63) is 164 Å². The molecule has 9 aromatic rings. The summed E-state index contributed by atoms with van der Waals surface area (Å²) in [6.07, 6.45) is 0. The second kappa shape index (κ2) is 9.86. The van der Waals surface area contributed by atoms with Gasteiger partial charge in [0.25, 0.3) is 0 Å². The summed E-state index contributed by atoms with van der Waals surface area (Å²) >= 11 is 0. The van der Waals surface area contributed by atoms with Crippen molar-refractivity contribution in [3.63, 3.8) is 0 Å². The quantitative estimate of drug-likeness (QED) is 0.199. The summed E-state index contributed by atoms with van der Waals surface area (Å²) in [5, 5.41) is 9.56. The third kappa shape index (κ3) is 3.96. The molecule has 0 N–H and O–H groups in total. The molecular weight excluding hydrogens is 534 g/mol. The molecule has 2 nitrogen and oxygen atoms in total. The van der Waals surface area contributed by atoms with E-state index in [9.17, 15) is 0 Å². The van der Waals surface area contributed by atoms with E-state index in [0.29, 0.717) is 0 Å². The standard InChI is InChI=1S/C42H27NO/c1-2-11-28(12-3-1)29-14-10-15-33(23-29)43(40-26-31-13-4-5-16-35(31)36-17-6-7-18-37(36)40)34-22-21-30-25-39-38-19-8-9-20-41(38)44-42(39)27-32(30)24-34/h1-27H. The maximum atomic E-state index is 6.29. The molecule has 0 radical (unpaired) electrons. The van der Waals surface area contributed by atoms with Crippen LogP contribution in [0.2, 0.25) is 0 Å². The van der Waals surface area contributed by atoms with Crippen molar-refractivity contribution in [1.29, 1.82) is 0 Å². The van der Waals surface area contributed by atoms with Crippen LogP contribution >= 0.6 is 0 Å². The van der Waals surface area contributed by atoms with Gasteiger partial charge in [-0.25, -0.2) is 0 Å². The van der Waals surface area contributed by atoms with Crippen molar-refractivity contribution in [2.24, 2.45) is 0 Å². The molecule has 0 bridgehead atoms. The molecule has 0 aliphatic heterocycles. The minimum absolute atomic E-state index is 0.907. The van der Waals surface area contributed by atoms with Crippen LogP contribution in [-0.4, -0.2) is 0 Å². The highest BCUT2D eigenvalue weighted by Crippen LogP contribution is 2.44. The first kappa shape index (κ1) is 24.7. The number of rotatable bonds is 4. The van der Waals surface area contributed by atoms with E-state index < -0.39 is 0 Å². The zero-order chi connectivity index (χ0) is 29.0.